The van der Waals surface area contributed by atoms with Crippen LogP contribution >= 0.6 is 0 Å². The highest BCUT2D eigenvalue weighted by molar-refractivity contribution is 5.73. The van der Waals surface area contributed by atoms with Gasteiger partial charge in [-0.05, 0) is 59.8 Å². The molecule has 0 atom stereocenters. The lowest BCUT2D eigenvalue weighted by Gasteiger charge is -2.42. The van der Waals surface area contributed by atoms with Gasteiger partial charge >= 0.3 is 5.97 Å². The van der Waals surface area contributed by atoms with Gasteiger partial charge in [-0.3, -0.25) is 4.79 Å². The molecule has 2 rings (SSSR count). The first-order chi connectivity index (χ1) is 10.7. The average molecular weight is 314 g/mol. The molecule has 0 amide bonds. The molecule has 0 N–H and O–H groups in total. The van der Waals surface area contributed by atoms with Crippen molar-refractivity contribution in [2.24, 2.45) is 0 Å². The smallest absolute Gasteiger partial charge is 0.309 e. The van der Waals surface area contributed by atoms with Gasteiger partial charge in [0.25, 0.3) is 0 Å². The average Bonchev–Trinajstić information content (AvgIpc) is 2.45. The Bertz CT molecular complexity index is 621. The van der Waals surface area contributed by atoms with Crippen molar-refractivity contribution < 1.29 is 9.53 Å². The summed E-state index contributed by atoms with van der Waals surface area (Å²) in [7, 11) is 0. The van der Waals surface area contributed by atoms with Crippen molar-refractivity contribution in [3.8, 4) is 0 Å². The Hall–Kier alpha value is -1.57. The molecule has 0 saturated heterocycles. The summed E-state index contributed by atoms with van der Waals surface area (Å²) in [5, 5.41) is 0. The molecular formula is C21H30O2. The minimum Gasteiger partial charge on any atom is -0.466 e. The first-order valence-electron chi connectivity index (χ1n) is 8.65. The van der Waals surface area contributed by atoms with Gasteiger partial charge < -0.3 is 4.74 Å². The first-order valence-corrected chi connectivity index (χ1v) is 8.65. The lowest BCUT2D eigenvalue weighted by molar-refractivity contribution is -0.142. The zero-order chi connectivity index (χ0) is 17.3. The number of aryl methyl sites for hydroxylation is 1. The molecule has 2 heteroatoms. The van der Waals surface area contributed by atoms with Crippen molar-refractivity contribution in [3.05, 3.63) is 40.5 Å². The fourth-order valence-electron chi connectivity index (χ4n) is 3.42. The van der Waals surface area contributed by atoms with E-state index in [1.807, 2.05) is 13.0 Å². The fourth-order valence-corrected chi connectivity index (χ4v) is 3.42. The number of benzene rings is 1. The van der Waals surface area contributed by atoms with E-state index >= 15 is 0 Å². The van der Waals surface area contributed by atoms with E-state index in [1.54, 1.807) is 0 Å². The molecule has 0 fully saturated rings. The molecule has 0 saturated carbocycles. The Labute approximate surface area is 140 Å². The third kappa shape index (κ3) is 3.85. The van der Waals surface area contributed by atoms with Crippen LogP contribution in [0.2, 0.25) is 0 Å². The van der Waals surface area contributed by atoms with Gasteiger partial charge in [0.1, 0.15) is 0 Å². The van der Waals surface area contributed by atoms with Gasteiger partial charge in [-0.1, -0.05) is 52.0 Å². The Kier molecular flexibility index (Phi) is 5.03. The highest BCUT2D eigenvalue weighted by Gasteiger charge is 2.37. The van der Waals surface area contributed by atoms with E-state index in [1.165, 1.54) is 35.1 Å². The number of ether oxygens (including phenoxy) is 1. The van der Waals surface area contributed by atoms with Crippen LogP contribution in [0.25, 0.3) is 6.08 Å². The van der Waals surface area contributed by atoms with Crippen molar-refractivity contribution in [2.75, 3.05) is 6.61 Å². The predicted molar refractivity (Wildman–Crippen MR) is 96.7 cm³/mol. The zero-order valence-corrected chi connectivity index (χ0v) is 15.5. The molecule has 126 valence electrons. The molecule has 23 heavy (non-hydrogen) atoms. The normalized spacial score (nSPS) is 18.7. The predicted octanol–water partition coefficient (Wildman–Crippen LogP) is 5.31. The quantitative estimate of drug-likeness (QED) is 0.704. The largest absolute Gasteiger partial charge is 0.466 e. The number of hydrogen-bond acceptors (Lipinski definition) is 2. The van der Waals surface area contributed by atoms with Gasteiger partial charge in [-0.15, -0.1) is 0 Å². The van der Waals surface area contributed by atoms with Crippen LogP contribution in [0, 0.1) is 6.92 Å². The SMILES string of the molecule is CCOC(=O)CC=Cc1cc2c(cc1C)C(C)(C)CCC2(C)C. The van der Waals surface area contributed by atoms with Gasteiger partial charge in [0.05, 0.1) is 13.0 Å². The third-order valence-electron chi connectivity index (χ3n) is 5.13. The third-order valence-corrected chi connectivity index (χ3v) is 5.13. The molecule has 0 heterocycles. The molecular weight excluding hydrogens is 284 g/mol. The summed E-state index contributed by atoms with van der Waals surface area (Å²) >= 11 is 0. The monoisotopic (exact) mass is 314 g/mol. The summed E-state index contributed by atoms with van der Waals surface area (Å²) in [5.41, 5.74) is 5.86. The number of esters is 1. The minimum absolute atomic E-state index is 0.166. The molecule has 0 aliphatic heterocycles. The van der Waals surface area contributed by atoms with Gasteiger partial charge in [-0.25, -0.2) is 0 Å². The van der Waals surface area contributed by atoms with Crippen LogP contribution in [-0.4, -0.2) is 12.6 Å². The molecule has 0 bridgehead atoms. The van der Waals surface area contributed by atoms with Crippen LogP contribution in [0.5, 0.6) is 0 Å². The lowest BCUT2D eigenvalue weighted by Crippen LogP contribution is -2.34. The van der Waals surface area contributed by atoms with Crippen molar-refractivity contribution >= 4 is 12.0 Å². The van der Waals surface area contributed by atoms with Crippen molar-refractivity contribution in [1.82, 2.24) is 0 Å². The summed E-state index contributed by atoms with van der Waals surface area (Å²) in [6, 6.07) is 4.67. The van der Waals surface area contributed by atoms with Crippen LogP contribution in [-0.2, 0) is 20.4 Å². The van der Waals surface area contributed by atoms with E-state index < -0.39 is 0 Å². The summed E-state index contributed by atoms with van der Waals surface area (Å²) in [5.74, 6) is -0.166. The molecule has 1 aliphatic carbocycles. The fraction of sp³-hybridized carbons (Fsp3) is 0.571. The van der Waals surface area contributed by atoms with Gasteiger partial charge in [0, 0.05) is 0 Å². The Morgan fingerprint density at radius 3 is 2.26 bits per heavy atom. The molecule has 1 aliphatic rings. The standard InChI is InChI=1S/C21H30O2/c1-7-23-19(22)10-8-9-16-14-18-17(13-15(16)2)20(3,4)11-12-21(18,5)6/h8-9,13-14H,7,10-12H2,1-6H3. The van der Waals surface area contributed by atoms with Crippen LogP contribution < -0.4 is 0 Å². The Morgan fingerprint density at radius 1 is 1.13 bits per heavy atom. The molecule has 0 spiro atoms. The van der Waals surface area contributed by atoms with E-state index in [0.29, 0.717) is 13.0 Å². The summed E-state index contributed by atoms with van der Waals surface area (Å²) in [4.78, 5) is 11.5. The number of hydrogen-bond donors (Lipinski definition) is 0. The second-order valence-corrected chi connectivity index (χ2v) is 7.93. The first kappa shape index (κ1) is 17.8. The summed E-state index contributed by atoms with van der Waals surface area (Å²) in [6.07, 6.45) is 6.74. The lowest BCUT2D eigenvalue weighted by atomic mass is 9.62. The van der Waals surface area contributed by atoms with Crippen LogP contribution in [0.15, 0.2) is 18.2 Å². The highest BCUT2D eigenvalue weighted by Crippen LogP contribution is 2.46. The Morgan fingerprint density at radius 2 is 1.70 bits per heavy atom. The second kappa shape index (κ2) is 6.51. The van der Waals surface area contributed by atoms with Crippen molar-refractivity contribution in [2.45, 2.75) is 71.6 Å². The number of carbonyl (C=O) groups is 1. The maximum Gasteiger partial charge on any atom is 0.309 e. The Balaban J connectivity index is 2.34. The topological polar surface area (TPSA) is 26.3 Å². The maximum atomic E-state index is 11.5. The summed E-state index contributed by atoms with van der Waals surface area (Å²) < 4.78 is 4.97. The van der Waals surface area contributed by atoms with E-state index in [9.17, 15) is 4.79 Å². The molecule has 0 radical (unpaired) electrons. The molecule has 2 nitrogen and oxygen atoms in total. The second-order valence-electron chi connectivity index (χ2n) is 7.93. The van der Waals surface area contributed by atoms with Gasteiger partial charge in [-0.2, -0.15) is 0 Å². The molecule has 0 aromatic heterocycles. The van der Waals surface area contributed by atoms with E-state index in [-0.39, 0.29) is 16.8 Å². The number of carbonyl (C=O) groups excluding carboxylic acids is 1. The van der Waals surface area contributed by atoms with E-state index in [4.69, 9.17) is 4.74 Å². The summed E-state index contributed by atoms with van der Waals surface area (Å²) in [6.45, 7) is 13.8. The van der Waals surface area contributed by atoms with Gasteiger partial charge in [0.15, 0.2) is 0 Å². The van der Waals surface area contributed by atoms with Crippen LogP contribution in [0.3, 0.4) is 0 Å². The number of fused-ring (bicyclic) bond motifs is 1. The molecule has 0 unspecified atom stereocenters. The van der Waals surface area contributed by atoms with Crippen LogP contribution in [0.1, 0.15) is 76.1 Å². The maximum absolute atomic E-state index is 11.5. The highest BCUT2D eigenvalue weighted by atomic mass is 16.5. The van der Waals surface area contributed by atoms with Crippen LogP contribution in [0.4, 0.5) is 0 Å². The zero-order valence-electron chi connectivity index (χ0n) is 15.5. The van der Waals surface area contributed by atoms with Crippen molar-refractivity contribution in [3.63, 3.8) is 0 Å². The molecule has 1 aromatic carbocycles. The molecule has 1 aromatic rings. The van der Waals surface area contributed by atoms with Crippen molar-refractivity contribution in [1.29, 1.82) is 0 Å². The number of rotatable bonds is 4. The minimum atomic E-state index is -0.166. The van der Waals surface area contributed by atoms with E-state index in [2.05, 4.69) is 52.8 Å². The van der Waals surface area contributed by atoms with E-state index in [0.717, 1.165) is 0 Å². The van der Waals surface area contributed by atoms with Gasteiger partial charge in [0.2, 0.25) is 0 Å².